The highest BCUT2D eigenvalue weighted by molar-refractivity contribution is 7.88. The van der Waals surface area contributed by atoms with E-state index in [-0.39, 0.29) is 11.6 Å². The van der Waals surface area contributed by atoms with E-state index in [0.29, 0.717) is 25.7 Å². The highest BCUT2D eigenvalue weighted by Crippen LogP contribution is 2.38. The zero-order valence-electron chi connectivity index (χ0n) is 13.8. The van der Waals surface area contributed by atoms with Crippen molar-refractivity contribution in [3.05, 3.63) is 0 Å². The fourth-order valence-electron chi connectivity index (χ4n) is 4.70. The van der Waals surface area contributed by atoms with Crippen LogP contribution in [-0.2, 0) is 19.5 Å². The first-order chi connectivity index (χ1) is 11.0. The van der Waals surface area contributed by atoms with Crippen LogP contribution in [0.4, 0.5) is 0 Å². The van der Waals surface area contributed by atoms with Gasteiger partial charge in [0.1, 0.15) is 0 Å². The fraction of sp³-hybridized carbons (Fsp3) is 1.00. The van der Waals surface area contributed by atoms with Gasteiger partial charge < -0.3 is 9.47 Å². The van der Waals surface area contributed by atoms with Crippen molar-refractivity contribution in [2.45, 2.75) is 30.5 Å². The predicted octanol–water partition coefficient (Wildman–Crippen LogP) is -0.804. The summed E-state index contributed by atoms with van der Waals surface area (Å²) in [6.07, 6.45) is 3.52. The molecule has 0 aromatic carbocycles. The van der Waals surface area contributed by atoms with E-state index < -0.39 is 10.0 Å². The number of ether oxygens (including phenoxy) is 2. The third kappa shape index (κ3) is 2.94. The van der Waals surface area contributed by atoms with Crippen molar-refractivity contribution in [2.24, 2.45) is 0 Å². The van der Waals surface area contributed by atoms with Gasteiger partial charge in [0.25, 0.3) is 0 Å². The van der Waals surface area contributed by atoms with Crippen LogP contribution in [0.25, 0.3) is 0 Å². The maximum absolute atomic E-state index is 12.1. The molecule has 4 fully saturated rings. The van der Waals surface area contributed by atoms with Crippen LogP contribution in [0.5, 0.6) is 0 Å². The van der Waals surface area contributed by atoms with Crippen LogP contribution in [0.15, 0.2) is 0 Å². The monoisotopic (exact) mass is 345 g/mol. The zero-order valence-corrected chi connectivity index (χ0v) is 14.6. The van der Waals surface area contributed by atoms with Crippen LogP contribution in [0.2, 0.25) is 0 Å². The van der Waals surface area contributed by atoms with Crippen molar-refractivity contribution in [3.63, 3.8) is 0 Å². The predicted molar refractivity (Wildman–Crippen MR) is 85.9 cm³/mol. The minimum Gasteiger partial charge on any atom is -0.381 e. The molecule has 0 saturated carbocycles. The fourth-order valence-corrected chi connectivity index (χ4v) is 5.62. The van der Waals surface area contributed by atoms with E-state index in [9.17, 15) is 8.42 Å². The Morgan fingerprint density at radius 3 is 2.43 bits per heavy atom. The summed E-state index contributed by atoms with van der Waals surface area (Å²) in [5.41, 5.74) is -0.0198. The number of morpholine rings is 1. The Balaban J connectivity index is 1.51. The minimum absolute atomic E-state index is 0.0198. The molecule has 8 heteroatoms. The average molecular weight is 345 g/mol. The lowest BCUT2D eigenvalue weighted by Gasteiger charge is -2.64. The second-order valence-corrected chi connectivity index (χ2v) is 9.43. The number of fused-ring (bicyclic) bond motifs is 2. The molecule has 0 radical (unpaired) electrons. The minimum atomic E-state index is -3.15. The van der Waals surface area contributed by atoms with Crippen LogP contribution in [0, 0.1) is 0 Å². The lowest BCUT2D eigenvalue weighted by Crippen LogP contribution is -2.81. The number of rotatable bonds is 2. The molecular formula is C15H27N3O4S. The lowest BCUT2D eigenvalue weighted by molar-refractivity contribution is -0.166. The molecule has 0 aromatic rings. The number of hydrogen-bond acceptors (Lipinski definition) is 6. The van der Waals surface area contributed by atoms with E-state index in [4.69, 9.17) is 9.47 Å². The number of piperazine rings is 1. The molecule has 1 atom stereocenters. The van der Waals surface area contributed by atoms with Crippen molar-refractivity contribution in [1.82, 2.24) is 14.1 Å². The van der Waals surface area contributed by atoms with Crippen LogP contribution >= 0.6 is 0 Å². The van der Waals surface area contributed by atoms with Gasteiger partial charge in [0.05, 0.1) is 25.0 Å². The molecule has 4 heterocycles. The first kappa shape index (κ1) is 16.2. The Morgan fingerprint density at radius 2 is 1.74 bits per heavy atom. The van der Waals surface area contributed by atoms with Gasteiger partial charge in [-0.3, -0.25) is 9.80 Å². The summed E-state index contributed by atoms with van der Waals surface area (Å²) in [6.45, 7) is 7.16. The maximum Gasteiger partial charge on any atom is 0.211 e. The van der Waals surface area contributed by atoms with E-state index in [0.717, 1.165) is 52.3 Å². The molecule has 4 saturated heterocycles. The van der Waals surface area contributed by atoms with Crippen molar-refractivity contribution >= 4 is 10.0 Å². The van der Waals surface area contributed by atoms with E-state index in [2.05, 4.69) is 9.80 Å². The highest BCUT2D eigenvalue weighted by Gasteiger charge is 2.56. The topological polar surface area (TPSA) is 62.3 Å². The Kier molecular flexibility index (Phi) is 4.18. The summed E-state index contributed by atoms with van der Waals surface area (Å²) >= 11 is 0. The van der Waals surface area contributed by atoms with Crippen molar-refractivity contribution in [1.29, 1.82) is 0 Å². The quantitative estimate of drug-likeness (QED) is 0.653. The Morgan fingerprint density at radius 1 is 1.00 bits per heavy atom. The molecule has 0 aromatic heterocycles. The average Bonchev–Trinajstić information content (AvgIpc) is 2.51. The van der Waals surface area contributed by atoms with Crippen molar-refractivity contribution in [3.8, 4) is 0 Å². The largest absolute Gasteiger partial charge is 0.381 e. The van der Waals surface area contributed by atoms with Gasteiger partial charge in [0.15, 0.2) is 0 Å². The Bertz CT molecular complexity index is 543. The second kappa shape index (κ2) is 5.93. The molecule has 0 bridgehead atoms. The van der Waals surface area contributed by atoms with Crippen molar-refractivity contribution < 1.29 is 17.9 Å². The van der Waals surface area contributed by atoms with Gasteiger partial charge in [-0.15, -0.1) is 0 Å². The van der Waals surface area contributed by atoms with E-state index in [1.165, 1.54) is 6.26 Å². The first-order valence-corrected chi connectivity index (χ1v) is 10.4. The lowest BCUT2D eigenvalue weighted by atomic mass is 9.81. The van der Waals surface area contributed by atoms with Crippen LogP contribution in [0.3, 0.4) is 0 Å². The first-order valence-electron chi connectivity index (χ1n) is 8.59. The summed E-state index contributed by atoms with van der Waals surface area (Å²) in [5.74, 6) is 0. The van der Waals surface area contributed by atoms with Gasteiger partial charge in [-0.25, -0.2) is 8.42 Å². The molecule has 132 valence electrons. The molecule has 0 N–H and O–H groups in total. The van der Waals surface area contributed by atoms with E-state index in [1.54, 1.807) is 4.31 Å². The second-order valence-electron chi connectivity index (χ2n) is 7.45. The standard InChI is InChI=1S/C15H27N3O4S/c1-23(19,20)17-8-14-9-22-7-4-18(14)15(12-17)10-16(11-15)13-2-5-21-6-3-13/h13-14H,2-12H2,1H3. The van der Waals surface area contributed by atoms with Crippen LogP contribution in [0.1, 0.15) is 12.8 Å². The van der Waals surface area contributed by atoms with E-state index >= 15 is 0 Å². The zero-order chi connectivity index (χ0) is 16.1. The summed E-state index contributed by atoms with van der Waals surface area (Å²) in [7, 11) is -3.15. The maximum atomic E-state index is 12.1. The molecule has 4 rings (SSSR count). The summed E-state index contributed by atoms with van der Waals surface area (Å²) in [5, 5.41) is 0. The van der Waals surface area contributed by atoms with Gasteiger partial charge in [-0.2, -0.15) is 4.31 Å². The number of sulfonamides is 1. The molecule has 0 amide bonds. The molecule has 7 nitrogen and oxygen atoms in total. The summed E-state index contributed by atoms with van der Waals surface area (Å²) in [4.78, 5) is 5.06. The van der Waals surface area contributed by atoms with Gasteiger partial charge in [0.2, 0.25) is 10.0 Å². The van der Waals surface area contributed by atoms with Crippen LogP contribution in [-0.4, -0.2) is 106 Å². The SMILES string of the molecule is CS(=O)(=O)N1CC2COCCN2C2(CN(C3CCOCC3)C2)C1. The highest BCUT2D eigenvalue weighted by atomic mass is 32.2. The Labute approximate surface area is 138 Å². The third-order valence-electron chi connectivity index (χ3n) is 5.89. The number of hydrogen-bond donors (Lipinski definition) is 0. The molecule has 0 aliphatic carbocycles. The molecule has 23 heavy (non-hydrogen) atoms. The molecule has 4 aliphatic rings. The molecular weight excluding hydrogens is 318 g/mol. The van der Waals surface area contributed by atoms with Gasteiger partial charge in [-0.1, -0.05) is 0 Å². The number of nitrogens with zero attached hydrogens (tertiary/aromatic N) is 3. The van der Waals surface area contributed by atoms with Gasteiger partial charge in [-0.05, 0) is 12.8 Å². The Hall–Kier alpha value is -0.250. The van der Waals surface area contributed by atoms with Gasteiger partial charge >= 0.3 is 0 Å². The summed E-state index contributed by atoms with van der Waals surface area (Å²) in [6, 6.07) is 0.798. The summed E-state index contributed by atoms with van der Waals surface area (Å²) < 4.78 is 37.0. The normalized spacial score (nSPS) is 34.2. The molecule has 1 unspecified atom stereocenters. The smallest absolute Gasteiger partial charge is 0.211 e. The van der Waals surface area contributed by atoms with Gasteiger partial charge in [0, 0.05) is 58.0 Å². The number of likely N-dealkylation sites (tertiary alicyclic amines) is 1. The van der Waals surface area contributed by atoms with E-state index in [1.807, 2.05) is 0 Å². The van der Waals surface area contributed by atoms with Crippen LogP contribution < -0.4 is 0 Å². The molecule has 1 spiro atoms. The third-order valence-corrected chi connectivity index (χ3v) is 7.11. The molecule has 4 aliphatic heterocycles. The van der Waals surface area contributed by atoms with Crippen molar-refractivity contribution in [2.75, 3.05) is 65.4 Å².